The lowest BCUT2D eigenvalue weighted by atomic mass is 10.2. The molecule has 1 aromatic carbocycles. The number of aromatic amines is 1. The second-order valence-corrected chi connectivity index (χ2v) is 5.90. The van der Waals surface area contributed by atoms with Crippen LogP contribution in [0.15, 0.2) is 41.4 Å². The normalized spacial score (nSPS) is 10.4. The highest BCUT2D eigenvalue weighted by molar-refractivity contribution is 7.99. The van der Waals surface area contributed by atoms with E-state index in [1.54, 1.807) is 11.8 Å². The quantitative estimate of drug-likeness (QED) is 0.380. The molecule has 1 heterocycles. The molecule has 0 spiro atoms. The molecule has 0 saturated carbocycles. The number of nitrogens with one attached hydrogen (secondary N) is 1. The molecule has 0 saturated heterocycles. The van der Waals surface area contributed by atoms with Crippen LogP contribution in [0.1, 0.15) is 27.8 Å². The van der Waals surface area contributed by atoms with E-state index < -0.39 is 5.97 Å². The molecule has 1 N–H and O–H groups in total. The van der Waals surface area contributed by atoms with Crippen LogP contribution in [0.4, 0.5) is 0 Å². The van der Waals surface area contributed by atoms with Gasteiger partial charge in [0.1, 0.15) is 12.3 Å². The Kier molecular flexibility index (Phi) is 5.47. The van der Waals surface area contributed by atoms with Crippen LogP contribution in [-0.4, -0.2) is 29.1 Å². The first kappa shape index (κ1) is 15.7. The lowest BCUT2D eigenvalue weighted by molar-refractivity contribution is 0.0524. The minimum atomic E-state index is -0.459. The molecule has 0 atom stereocenters. The number of ketones is 1. The maximum Gasteiger partial charge on any atom is 0.354 e. The lowest BCUT2D eigenvalue weighted by Crippen LogP contribution is -2.08. The highest BCUT2D eigenvalue weighted by Gasteiger charge is 2.11. The van der Waals surface area contributed by atoms with Crippen molar-refractivity contribution < 1.29 is 14.3 Å². The molecule has 0 bridgehead atoms. The predicted octanol–water partition coefficient (Wildman–Crippen LogP) is 3.82. The molecule has 1 aromatic heterocycles. The van der Waals surface area contributed by atoms with Gasteiger partial charge in [0.25, 0.3) is 0 Å². The first-order chi connectivity index (χ1) is 10.1. The second-order valence-electron chi connectivity index (χ2n) is 4.30. The summed E-state index contributed by atoms with van der Waals surface area (Å²) >= 11 is 7.38. The Morgan fingerprint density at radius 1 is 1.29 bits per heavy atom. The fourth-order valence-electron chi connectivity index (χ4n) is 1.62. The summed E-state index contributed by atoms with van der Waals surface area (Å²) in [4.78, 5) is 26.7. The summed E-state index contributed by atoms with van der Waals surface area (Å²) in [6.07, 6.45) is 1.50. The van der Waals surface area contributed by atoms with E-state index in [0.717, 1.165) is 4.90 Å². The number of hydrogen-bond donors (Lipinski definition) is 1. The van der Waals surface area contributed by atoms with Crippen LogP contribution in [0.2, 0.25) is 5.02 Å². The number of Topliss-reactive ketones (excluding diaryl/α,β-unsaturated/α-hetero) is 1. The molecule has 4 nitrogen and oxygen atoms in total. The van der Waals surface area contributed by atoms with Gasteiger partial charge in [-0.2, -0.15) is 0 Å². The van der Waals surface area contributed by atoms with Crippen molar-refractivity contribution >= 4 is 35.1 Å². The van der Waals surface area contributed by atoms with E-state index in [4.69, 9.17) is 16.3 Å². The minimum Gasteiger partial charge on any atom is -0.460 e. The summed E-state index contributed by atoms with van der Waals surface area (Å²) < 4.78 is 5.14. The number of ether oxygens (including phenoxy) is 1. The Morgan fingerprint density at radius 3 is 2.62 bits per heavy atom. The molecule has 0 aliphatic carbocycles. The minimum absolute atomic E-state index is 0.0939. The van der Waals surface area contributed by atoms with Crippen LogP contribution in [0.3, 0.4) is 0 Å². The largest absolute Gasteiger partial charge is 0.460 e. The predicted molar refractivity (Wildman–Crippen MR) is 83.3 cm³/mol. The van der Waals surface area contributed by atoms with Crippen LogP contribution in [0, 0.1) is 0 Å². The van der Waals surface area contributed by atoms with Crippen LogP contribution in [0.5, 0.6) is 0 Å². The fourth-order valence-corrected chi connectivity index (χ4v) is 2.47. The molecular weight excluding hydrogens is 310 g/mol. The first-order valence-corrected chi connectivity index (χ1v) is 7.67. The molecule has 0 fully saturated rings. The lowest BCUT2D eigenvalue weighted by Gasteiger charge is -2.03. The summed E-state index contributed by atoms with van der Waals surface area (Å²) in [6.45, 7) is 1.74. The summed E-state index contributed by atoms with van der Waals surface area (Å²) in [5.74, 6) is 0.0935. The number of H-pyrrole nitrogens is 1. The molecule has 2 aromatic rings. The van der Waals surface area contributed by atoms with Crippen molar-refractivity contribution in [3.8, 4) is 0 Å². The number of halogens is 1. The SMILES string of the molecule is CC(=O)c1c[nH]c(C(=O)OCCSc2ccc(Cl)cc2)c1. The van der Waals surface area contributed by atoms with Gasteiger partial charge in [-0.15, -0.1) is 11.8 Å². The number of esters is 1. The van der Waals surface area contributed by atoms with Gasteiger partial charge in [0, 0.05) is 27.4 Å². The maximum atomic E-state index is 11.7. The number of carbonyl (C=O) groups excluding carboxylic acids is 2. The maximum absolute atomic E-state index is 11.7. The smallest absolute Gasteiger partial charge is 0.354 e. The van der Waals surface area contributed by atoms with E-state index >= 15 is 0 Å². The van der Waals surface area contributed by atoms with Crippen molar-refractivity contribution in [1.29, 1.82) is 0 Å². The third-order valence-corrected chi connectivity index (χ3v) is 3.94. The molecule has 21 heavy (non-hydrogen) atoms. The molecule has 2 rings (SSSR count). The van der Waals surface area contributed by atoms with Gasteiger partial charge in [0.15, 0.2) is 5.78 Å². The molecule has 0 aliphatic heterocycles. The number of rotatable bonds is 6. The Morgan fingerprint density at radius 2 is 2.00 bits per heavy atom. The topological polar surface area (TPSA) is 59.2 Å². The Labute approximate surface area is 131 Å². The molecule has 0 aliphatic rings. The van der Waals surface area contributed by atoms with Gasteiger partial charge in [-0.3, -0.25) is 4.79 Å². The van der Waals surface area contributed by atoms with E-state index in [-0.39, 0.29) is 11.5 Å². The Balaban J connectivity index is 1.76. The van der Waals surface area contributed by atoms with Crippen molar-refractivity contribution in [3.05, 3.63) is 52.8 Å². The number of thioether (sulfide) groups is 1. The van der Waals surface area contributed by atoms with Crippen molar-refractivity contribution in [1.82, 2.24) is 4.98 Å². The van der Waals surface area contributed by atoms with Gasteiger partial charge in [-0.1, -0.05) is 11.6 Å². The van der Waals surface area contributed by atoms with Gasteiger partial charge in [0.2, 0.25) is 0 Å². The highest BCUT2D eigenvalue weighted by atomic mass is 35.5. The van der Waals surface area contributed by atoms with Crippen LogP contribution >= 0.6 is 23.4 Å². The molecule has 0 unspecified atom stereocenters. The van der Waals surface area contributed by atoms with E-state index in [1.807, 2.05) is 24.3 Å². The fraction of sp³-hybridized carbons (Fsp3) is 0.200. The summed E-state index contributed by atoms with van der Waals surface area (Å²) in [5, 5.41) is 0.693. The van der Waals surface area contributed by atoms with Gasteiger partial charge >= 0.3 is 5.97 Å². The molecular formula is C15H14ClNO3S. The van der Waals surface area contributed by atoms with Crippen LogP contribution in [0.25, 0.3) is 0 Å². The van der Waals surface area contributed by atoms with Crippen molar-refractivity contribution in [2.24, 2.45) is 0 Å². The average molecular weight is 324 g/mol. The van der Waals surface area contributed by atoms with Gasteiger partial charge in [-0.05, 0) is 37.3 Å². The Bertz CT molecular complexity index is 637. The van der Waals surface area contributed by atoms with Gasteiger partial charge in [0.05, 0.1) is 0 Å². The van der Waals surface area contributed by atoms with E-state index in [0.29, 0.717) is 22.9 Å². The Hall–Kier alpha value is -1.72. The molecule has 0 amide bonds. The second kappa shape index (κ2) is 7.33. The summed E-state index contributed by atoms with van der Waals surface area (Å²) in [5.41, 5.74) is 0.759. The van der Waals surface area contributed by atoms with Crippen LogP contribution in [-0.2, 0) is 4.74 Å². The number of benzene rings is 1. The highest BCUT2D eigenvalue weighted by Crippen LogP contribution is 2.20. The van der Waals surface area contributed by atoms with Crippen molar-refractivity contribution in [2.45, 2.75) is 11.8 Å². The van der Waals surface area contributed by atoms with Crippen LogP contribution < -0.4 is 0 Å². The average Bonchev–Trinajstić information content (AvgIpc) is 2.95. The third-order valence-electron chi connectivity index (χ3n) is 2.71. The zero-order valence-electron chi connectivity index (χ0n) is 11.4. The standard InChI is InChI=1S/C15H14ClNO3S/c1-10(18)11-8-14(17-9-11)15(19)20-6-7-21-13-4-2-12(16)3-5-13/h2-5,8-9,17H,6-7H2,1H3. The van der Waals surface area contributed by atoms with Crippen molar-refractivity contribution in [3.63, 3.8) is 0 Å². The molecule has 110 valence electrons. The zero-order valence-corrected chi connectivity index (χ0v) is 13.0. The molecule has 6 heteroatoms. The van der Waals surface area contributed by atoms with Crippen molar-refractivity contribution in [2.75, 3.05) is 12.4 Å². The van der Waals surface area contributed by atoms with E-state index in [2.05, 4.69) is 4.98 Å². The number of carbonyl (C=O) groups is 2. The third kappa shape index (κ3) is 4.65. The van der Waals surface area contributed by atoms with Gasteiger partial charge < -0.3 is 9.72 Å². The number of aromatic nitrogens is 1. The number of hydrogen-bond acceptors (Lipinski definition) is 4. The van der Waals surface area contributed by atoms with E-state index in [9.17, 15) is 9.59 Å². The van der Waals surface area contributed by atoms with E-state index in [1.165, 1.54) is 19.2 Å². The summed E-state index contributed by atoms with van der Waals surface area (Å²) in [6, 6.07) is 8.96. The molecule has 0 radical (unpaired) electrons. The zero-order chi connectivity index (χ0) is 15.2. The van der Waals surface area contributed by atoms with Gasteiger partial charge in [-0.25, -0.2) is 4.79 Å². The summed E-state index contributed by atoms with van der Waals surface area (Å²) in [7, 11) is 0. The first-order valence-electron chi connectivity index (χ1n) is 6.31. The monoisotopic (exact) mass is 323 g/mol.